The molecule has 0 bridgehead atoms. The maximum Gasteiger partial charge on any atom is 0.0346 e. The number of aryl methyl sites for hydroxylation is 2. The van der Waals surface area contributed by atoms with Crippen LogP contribution in [0.4, 0.5) is 0 Å². The molecule has 0 amide bonds. The molecule has 0 spiro atoms. The number of pyridine rings is 1. The standard InChI is InChI=1S/C11H12N2/c1-8-6-11(9(2)13-8)10-4-3-5-12-7-10/h3-7,13H,1-2H3. The second-order valence-corrected chi connectivity index (χ2v) is 3.23. The molecule has 2 nitrogen and oxygen atoms in total. The van der Waals surface area contributed by atoms with Gasteiger partial charge in [-0.25, -0.2) is 0 Å². The predicted molar refractivity (Wildman–Crippen MR) is 53.5 cm³/mol. The topological polar surface area (TPSA) is 28.7 Å². The van der Waals surface area contributed by atoms with E-state index in [0.717, 1.165) is 0 Å². The Hall–Kier alpha value is -1.57. The summed E-state index contributed by atoms with van der Waals surface area (Å²) in [5, 5.41) is 0. The van der Waals surface area contributed by atoms with E-state index in [1.54, 1.807) is 6.20 Å². The Morgan fingerprint density at radius 2 is 2.15 bits per heavy atom. The first kappa shape index (κ1) is 8.05. The lowest BCUT2D eigenvalue weighted by Crippen LogP contribution is -1.79. The maximum absolute atomic E-state index is 4.10. The molecular formula is C11H12N2. The van der Waals surface area contributed by atoms with E-state index >= 15 is 0 Å². The summed E-state index contributed by atoms with van der Waals surface area (Å²) in [5.41, 5.74) is 4.80. The highest BCUT2D eigenvalue weighted by molar-refractivity contribution is 5.65. The summed E-state index contributed by atoms with van der Waals surface area (Å²) in [5.74, 6) is 0. The SMILES string of the molecule is Cc1cc(-c2cccnc2)c(C)[nH]1. The van der Waals surface area contributed by atoms with Gasteiger partial charge in [-0.1, -0.05) is 6.07 Å². The molecule has 0 saturated carbocycles. The molecule has 2 aromatic rings. The van der Waals surface area contributed by atoms with Gasteiger partial charge in [-0.3, -0.25) is 4.98 Å². The smallest absolute Gasteiger partial charge is 0.0346 e. The Morgan fingerprint density at radius 1 is 1.31 bits per heavy atom. The molecule has 0 atom stereocenters. The molecule has 0 aliphatic heterocycles. The van der Waals surface area contributed by atoms with Crippen LogP contribution in [0.25, 0.3) is 11.1 Å². The van der Waals surface area contributed by atoms with Gasteiger partial charge in [0.05, 0.1) is 0 Å². The highest BCUT2D eigenvalue weighted by Gasteiger charge is 2.03. The third-order valence-electron chi connectivity index (χ3n) is 2.12. The second kappa shape index (κ2) is 3.05. The quantitative estimate of drug-likeness (QED) is 0.704. The molecule has 2 rings (SSSR count). The molecule has 2 heteroatoms. The number of aromatic nitrogens is 2. The van der Waals surface area contributed by atoms with Crippen LogP contribution in [-0.2, 0) is 0 Å². The number of nitrogens with zero attached hydrogens (tertiary/aromatic N) is 1. The summed E-state index contributed by atoms with van der Waals surface area (Å²) in [6, 6.07) is 6.17. The van der Waals surface area contributed by atoms with Crippen molar-refractivity contribution in [3.63, 3.8) is 0 Å². The van der Waals surface area contributed by atoms with Crippen molar-refractivity contribution >= 4 is 0 Å². The van der Waals surface area contributed by atoms with Crippen LogP contribution in [0.5, 0.6) is 0 Å². The summed E-state index contributed by atoms with van der Waals surface area (Å²) in [7, 11) is 0. The molecule has 0 aliphatic carbocycles. The van der Waals surface area contributed by atoms with E-state index in [9.17, 15) is 0 Å². The summed E-state index contributed by atoms with van der Waals surface area (Å²) < 4.78 is 0. The summed E-state index contributed by atoms with van der Waals surface area (Å²) in [6.07, 6.45) is 3.67. The maximum atomic E-state index is 4.10. The number of H-pyrrole nitrogens is 1. The first-order chi connectivity index (χ1) is 6.27. The van der Waals surface area contributed by atoms with E-state index < -0.39 is 0 Å². The van der Waals surface area contributed by atoms with Gasteiger partial charge in [0.1, 0.15) is 0 Å². The number of hydrogen-bond acceptors (Lipinski definition) is 1. The van der Waals surface area contributed by atoms with E-state index in [4.69, 9.17) is 0 Å². The molecule has 0 aromatic carbocycles. The van der Waals surface area contributed by atoms with Gasteiger partial charge < -0.3 is 4.98 Å². The van der Waals surface area contributed by atoms with Crippen LogP contribution in [0.3, 0.4) is 0 Å². The van der Waals surface area contributed by atoms with Crippen LogP contribution in [0.2, 0.25) is 0 Å². The van der Waals surface area contributed by atoms with Gasteiger partial charge in [-0.2, -0.15) is 0 Å². The van der Waals surface area contributed by atoms with Crippen LogP contribution in [0, 0.1) is 13.8 Å². The van der Waals surface area contributed by atoms with E-state index in [1.165, 1.54) is 22.5 Å². The predicted octanol–water partition coefficient (Wildman–Crippen LogP) is 2.69. The van der Waals surface area contributed by atoms with E-state index in [2.05, 4.69) is 35.9 Å². The molecule has 66 valence electrons. The van der Waals surface area contributed by atoms with Crippen LogP contribution in [0.15, 0.2) is 30.6 Å². The van der Waals surface area contributed by atoms with Gasteiger partial charge in [-0.05, 0) is 26.0 Å². The van der Waals surface area contributed by atoms with Crippen molar-refractivity contribution < 1.29 is 0 Å². The molecular weight excluding hydrogens is 160 g/mol. The minimum Gasteiger partial charge on any atom is -0.362 e. The minimum absolute atomic E-state index is 1.17. The van der Waals surface area contributed by atoms with Gasteiger partial charge in [-0.15, -0.1) is 0 Å². The van der Waals surface area contributed by atoms with E-state index in [0.29, 0.717) is 0 Å². The Morgan fingerprint density at radius 3 is 2.69 bits per heavy atom. The summed E-state index contributed by atoms with van der Waals surface area (Å²) in [4.78, 5) is 7.38. The Balaban J connectivity index is 2.53. The average molecular weight is 172 g/mol. The lowest BCUT2D eigenvalue weighted by Gasteiger charge is -1.97. The van der Waals surface area contributed by atoms with Crippen LogP contribution in [-0.4, -0.2) is 9.97 Å². The van der Waals surface area contributed by atoms with Crippen molar-refractivity contribution in [2.75, 3.05) is 0 Å². The highest BCUT2D eigenvalue weighted by Crippen LogP contribution is 2.22. The number of rotatable bonds is 1. The molecule has 1 N–H and O–H groups in total. The Labute approximate surface area is 77.6 Å². The molecule has 0 unspecified atom stereocenters. The average Bonchev–Trinajstić information content (AvgIpc) is 2.47. The fourth-order valence-electron chi connectivity index (χ4n) is 1.55. The van der Waals surface area contributed by atoms with E-state index in [-0.39, 0.29) is 0 Å². The van der Waals surface area contributed by atoms with Gasteiger partial charge >= 0.3 is 0 Å². The molecule has 13 heavy (non-hydrogen) atoms. The largest absolute Gasteiger partial charge is 0.362 e. The highest BCUT2D eigenvalue weighted by atomic mass is 14.7. The zero-order valence-electron chi connectivity index (χ0n) is 7.83. The van der Waals surface area contributed by atoms with Crippen molar-refractivity contribution in [3.05, 3.63) is 42.0 Å². The normalized spacial score (nSPS) is 10.3. The zero-order chi connectivity index (χ0) is 9.26. The van der Waals surface area contributed by atoms with Crippen molar-refractivity contribution in [2.45, 2.75) is 13.8 Å². The Bertz CT molecular complexity index is 401. The third-order valence-corrected chi connectivity index (χ3v) is 2.12. The molecule has 0 radical (unpaired) electrons. The minimum atomic E-state index is 1.17. The third kappa shape index (κ3) is 1.47. The monoisotopic (exact) mass is 172 g/mol. The first-order valence-corrected chi connectivity index (χ1v) is 4.34. The molecule has 2 aromatic heterocycles. The van der Waals surface area contributed by atoms with Gasteiger partial charge in [0.2, 0.25) is 0 Å². The molecule has 0 fully saturated rings. The number of nitrogens with one attached hydrogen (secondary N) is 1. The van der Waals surface area contributed by atoms with Crippen molar-refractivity contribution in [1.82, 2.24) is 9.97 Å². The van der Waals surface area contributed by atoms with Crippen LogP contribution < -0.4 is 0 Å². The molecule has 2 heterocycles. The van der Waals surface area contributed by atoms with E-state index in [1.807, 2.05) is 12.3 Å². The molecule has 0 saturated heterocycles. The van der Waals surface area contributed by atoms with Gasteiger partial charge in [0.25, 0.3) is 0 Å². The van der Waals surface area contributed by atoms with Crippen molar-refractivity contribution in [1.29, 1.82) is 0 Å². The number of aromatic amines is 1. The first-order valence-electron chi connectivity index (χ1n) is 4.34. The van der Waals surface area contributed by atoms with Gasteiger partial charge in [0.15, 0.2) is 0 Å². The molecule has 0 aliphatic rings. The fourth-order valence-corrected chi connectivity index (χ4v) is 1.55. The van der Waals surface area contributed by atoms with Gasteiger partial charge in [0, 0.05) is 34.9 Å². The lowest BCUT2D eigenvalue weighted by atomic mass is 10.1. The Kier molecular flexibility index (Phi) is 1.89. The van der Waals surface area contributed by atoms with Crippen LogP contribution in [0.1, 0.15) is 11.4 Å². The van der Waals surface area contributed by atoms with Crippen molar-refractivity contribution in [2.24, 2.45) is 0 Å². The van der Waals surface area contributed by atoms with Crippen LogP contribution >= 0.6 is 0 Å². The van der Waals surface area contributed by atoms with Crippen molar-refractivity contribution in [3.8, 4) is 11.1 Å². The zero-order valence-corrected chi connectivity index (χ0v) is 7.83. The summed E-state index contributed by atoms with van der Waals surface area (Å²) >= 11 is 0. The lowest BCUT2D eigenvalue weighted by molar-refractivity contribution is 1.19. The second-order valence-electron chi connectivity index (χ2n) is 3.23. The summed E-state index contributed by atoms with van der Waals surface area (Å²) in [6.45, 7) is 4.14. The fraction of sp³-hybridized carbons (Fsp3) is 0.182. The number of hydrogen-bond donors (Lipinski definition) is 1.